The molecule has 1 aliphatic heterocycles. The number of aliphatic hydroxyl groups excluding tert-OH is 2. The summed E-state index contributed by atoms with van der Waals surface area (Å²) in [6, 6.07) is 4.05. The van der Waals surface area contributed by atoms with E-state index in [0.717, 1.165) is 4.57 Å². The highest BCUT2D eigenvalue weighted by Gasteiger charge is 2.35. The van der Waals surface area contributed by atoms with Gasteiger partial charge >= 0.3 is 5.69 Å². The average Bonchev–Trinajstić information content (AvgIpc) is 3.53. The van der Waals surface area contributed by atoms with E-state index in [9.17, 15) is 34.7 Å². The Hall–Kier alpha value is -4.45. The second-order valence-electron chi connectivity index (χ2n) is 9.04. The SMILES string of the molecule is CC(=O)c1cc(-n2cc(CCCCC#Cc3cn([C@H]4C[C@H](O)[C@@H](CO)O4)c(=O)[nH]c3=O)nn2)cc([N+](=O)[O-])c1. The molecule has 0 radical (unpaired) electrons. The molecule has 39 heavy (non-hydrogen) atoms. The zero-order valence-corrected chi connectivity index (χ0v) is 20.9. The highest BCUT2D eigenvalue weighted by molar-refractivity contribution is 5.95. The monoisotopic (exact) mass is 538 g/mol. The molecule has 4 rings (SSSR count). The standard InChI is InChI=1S/C25H26N6O8/c1-15(33)17-8-19(10-20(9-17)31(37)38)30-13-18(27-28-30)7-5-3-2-4-6-16-12-29(25(36)26-24(16)35)23-11-21(34)22(14-32)39-23/h8-10,12-13,21-23,32,34H,2-3,5,7,11,14H2,1H3,(H,26,35,36)/t21-,22+,23+/m0/s1. The van der Waals surface area contributed by atoms with E-state index in [2.05, 4.69) is 27.1 Å². The molecule has 14 nitrogen and oxygen atoms in total. The van der Waals surface area contributed by atoms with Crippen LogP contribution >= 0.6 is 0 Å². The molecule has 0 saturated carbocycles. The minimum atomic E-state index is -0.931. The number of hydrogen-bond acceptors (Lipinski definition) is 10. The van der Waals surface area contributed by atoms with E-state index in [1.165, 1.54) is 36.0 Å². The van der Waals surface area contributed by atoms with Crippen molar-refractivity contribution in [2.45, 2.75) is 57.5 Å². The van der Waals surface area contributed by atoms with Crippen LogP contribution in [0, 0.1) is 22.0 Å². The van der Waals surface area contributed by atoms with Gasteiger partial charge in [0.15, 0.2) is 5.78 Å². The number of hydrogen-bond donors (Lipinski definition) is 3. The molecule has 3 aromatic rings. The van der Waals surface area contributed by atoms with Crippen LogP contribution in [0.1, 0.15) is 60.5 Å². The number of aromatic amines is 1. The van der Waals surface area contributed by atoms with E-state index in [4.69, 9.17) is 4.74 Å². The fourth-order valence-electron chi connectivity index (χ4n) is 4.09. The summed E-state index contributed by atoms with van der Waals surface area (Å²) in [5, 5.41) is 38.5. The number of nitrogens with one attached hydrogen (secondary N) is 1. The summed E-state index contributed by atoms with van der Waals surface area (Å²) >= 11 is 0. The van der Waals surface area contributed by atoms with Crippen molar-refractivity contribution in [3.8, 4) is 17.5 Å². The van der Waals surface area contributed by atoms with E-state index in [1.807, 2.05) is 0 Å². The topological polar surface area (TPSA) is 195 Å². The van der Waals surface area contributed by atoms with Crippen molar-refractivity contribution in [2.24, 2.45) is 0 Å². The number of aliphatic hydroxyl groups is 2. The summed E-state index contributed by atoms with van der Waals surface area (Å²) in [5.41, 5.74) is -0.261. The summed E-state index contributed by atoms with van der Waals surface area (Å²) in [6.07, 6.45) is 2.86. The number of Topliss-reactive ketones (excluding diaryl/α,β-unsaturated/α-hetero) is 1. The van der Waals surface area contributed by atoms with Crippen molar-refractivity contribution in [3.05, 3.63) is 78.4 Å². The number of carbonyl (C=O) groups is 1. The number of unbranched alkanes of at least 4 members (excludes halogenated alkanes) is 2. The Balaban J connectivity index is 1.35. The number of nitrogens with zero attached hydrogens (tertiary/aromatic N) is 5. The summed E-state index contributed by atoms with van der Waals surface area (Å²) in [5.74, 6) is 5.36. The third kappa shape index (κ3) is 6.52. The van der Waals surface area contributed by atoms with E-state index >= 15 is 0 Å². The fourth-order valence-corrected chi connectivity index (χ4v) is 4.09. The zero-order chi connectivity index (χ0) is 28.1. The van der Waals surface area contributed by atoms with Crippen LogP contribution < -0.4 is 11.2 Å². The van der Waals surface area contributed by atoms with Gasteiger partial charge in [0.1, 0.15) is 17.9 Å². The van der Waals surface area contributed by atoms with Crippen LogP contribution in [0.25, 0.3) is 5.69 Å². The first-order valence-electron chi connectivity index (χ1n) is 12.2. The first-order valence-corrected chi connectivity index (χ1v) is 12.2. The lowest BCUT2D eigenvalue weighted by atomic mass is 10.1. The zero-order valence-electron chi connectivity index (χ0n) is 20.9. The van der Waals surface area contributed by atoms with Crippen molar-refractivity contribution >= 4 is 11.5 Å². The van der Waals surface area contributed by atoms with Crippen LogP contribution in [0.4, 0.5) is 5.69 Å². The van der Waals surface area contributed by atoms with Crippen LogP contribution in [0.2, 0.25) is 0 Å². The number of aryl methyl sites for hydroxylation is 1. The molecule has 2 aromatic heterocycles. The van der Waals surface area contributed by atoms with Gasteiger partial charge in [0, 0.05) is 36.7 Å². The number of benzene rings is 1. The first kappa shape index (κ1) is 27.6. The highest BCUT2D eigenvalue weighted by atomic mass is 16.6. The maximum absolute atomic E-state index is 12.2. The molecule has 3 heterocycles. The fraction of sp³-hybridized carbons (Fsp3) is 0.400. The Morgan fingerprint density at radius 2 is 2.08 bits per heavy atom. The highest BCUT2D eigenvalue weighted by Crippen LogP contribution is 2.27. The Labute approximate surface area is 221 Å². The second kappa shape index (κ2) is 11.9. The predicted molar refractivity (Wildman–Crippen MR) is 135 cm³/mol. The smallest absolute Gasteiger partial charge is 0.330 e. The van der Waals surface area contributed by atoms with E-state index in [1.54, 1.807) is 6.20 Å². The maximum Gasteiger partial charge on any atom is 0.330 e. The van der Waals surface area contributed by atoms with E-state index in [0.29, 0.717) is 37.1 Å². The number of ketones is 1. The Morgan fingerprint density at radius 3 is 2.77 bits per heavy atom. The van der Waals surface area contributed by atoms with Gasteiger partial charge in [-0.1, -0.05) is 17.1 Å². The number of rotatable bonds is 9. The molecular formula is C25H26N6O8. The largest absolute Gasteiger partial charge is 0.394 e. The third-order valence-corrected chi connectivity index (χ3v) is 6.20. The molecule has 0 bridgehead atoms. The molecule has 3 N–H and O–H groups in total. The molecule has 1 saturated heterocycles. The van der Waals surface area contributed by atoms with Crippen molar-refractivity contribution in [1.29, 1.82) is 0 Å². The summed E-state index contributed by atoms with van der Waals surface area (Å²) < 4.78 is 8.01. The molecular weight excluding hydrogens is 512 g/mol. The van der Waals surface area contributed by atoms with Crippen LogP contribution in [-0.4, -0.2) is 64.3 Å². The molecule has 14 heteroatoms. The van der Waals surface area contributed by atoms with Crippen LogP contribution in [0.3, 0.4) is 0 Å². The van der Waals surface area contributed by atoms with Gasteiger partial charge in [-0.15, -0.1) is 5.10 Å². The van der Waals surface area contributed by atoms with E-state index < -0.39 is 41.2 Å². The molecule has 0 spiro atoms. The summed E-state index contributed by atoms with van der Waals surface area (Å²) in [7, 11) is 0. The molecule has 204 valence electrons. The quantitative estimate of drug-likeness (QED) is 0.114. The third-order valence-electron chi connectivity index (χ3n) is 6.20. The number of nitro benzene ring substituents is 1. The summed E-state index contributed by atoms with van der Waals surface area (Å²) in [4.78, 5) is 48.9. The number of ether oxygens (including phenoxy) is 1. The summed E-state index contributed by atoms with van der Waals surface area (Å²) in [6.45, 7) is 0.933. The first-order chi connectivity index (χ1) is 18.7. The van der Waals surface area contributed by atoms with Crippen LogP contribution in [0.5, 0.6) is 0 Å². The molecule has 0 unspecified atom stereocenters. The van der Waals surface area contributed by atoms with Gasteiger partial charge in [0.2, 0.25) is 0 Å². The van der Waals surface area contributed by atoms with Crippen LogP contribution in [-0.2, 0) is 11.2 Å². The number of nitro groups is 1. The molecule has 0 amide bonds. The minimum absolute atomic E-state index is 0.0740. The normalized spacial score (nSPS) is 18.5. The number of carbonyl (C=O) groups excluding carboxylic acids is 1. The van der Waals surface area contributed by atoms with Gasteiger partial charge in [-0.25, -0.2) is 9.48 Å². The van der Waals surface area contributed by atoms with Crippen molar-refractivity contribution in [3.63, 3.8) is 0 Å². The number of H-pyrrole nitrogens is 1. The molecule has 1 fully saturated rings. The number of aromatic nitrogens is 5. The van der Waals surface area contributed by atoms with E-state index in [-0.39, 0.29) is 29.0 Å². The Morgan fingerprint density at radius 1 is 1.28 bits per heavy atom. The van der Waals surface area contributed by atoms with Crippen molar-refractivity contribution in [2.75, 3.05) is 6.61 Å². The second-order valence-corrected chi connectivity index (χ2v) is 9.04. The molecule has 3 atom stereocenters. The Bertz CT molecular complexity index is 1530. The van der Waals surface area contributed by atoms with Gasteiger partial charge in [-0.05, 0) is 32.3 Å². The average molecular weight is 539 g/mol. The van der Waals surface area contributed by atoms with Crippen molar-refractivity contribution < 1.29 is 24.7 Å². The number of non-ortho nitro benzene ring substituents is 1. The molecule has 1 aliphatic rings. The van der Waals surface area contributed by atoms with Gasteiger partial charge in [0.05, 0.1) is 35.2 Å². The molecule has 0 aliphatic carbocycles. The lowest BCUT2D eigenvalue weighted by Crippen LogP contribution is -2.33. The lowest BCUT2D eigenvalue weighted by Gasteiger charge is -2.14. The van der Waals surface area contributed by atoms with Crippen molar-refractivity contribution in [1.82, 2.24) is 24.5 Å². The van der Waals surface area contributed by atoms with Gasteiger partial charge in [-0.2, -0.15) is 0 Å². The predicted octanol–water partition coefficient (Wildman–Crippen LogP) is 0.633. The minimum Gasteiger partial charge on any atom is -0.394 e. The van der Waals surface area contributed by atoms with Gasteiger partial charge in [0.25, 0.3) is 11.2 Å². The Kier molecular flexibility index (Phi) is 8.45. The van der Waals surface area contributed by atoms with Gasteiger partial charge in [-0.3, -0.25) is 29.3 Å². The lowest BCUT2D eigenvalue weighted by molar-refractivity contribution is -0.384. The maximum atomic E-state index is 12.2. The van der Waals surface area contributed by atoms with Crippen LogP contribution in [0.15, 0.2) is 40.2 Å². The van der Waals surface area contributed by atoms with Gasteiger partial charge < -0.3 is 14.9 Å². The molecule has 1 aromatic carbocycles.